The first-order valence-corrected chi connectivity index (χ1v) is 6.39. The minimum absolute atomic E-state index is 0.174. The predicted octanol–water partition coefficient (Wildman–Crippen LogP) is 3.20. The molecular formula is C12H11F3N2OS. The first-order chi connectivity index (χ1) is 8.93. The van der Waals surface area contributed by atoms with E-state index >= 15 is 0 Å². The van der Waals surface area contributed by atoms with Crippen molar-refractivity contribution in [3.63, 3.8) is 0 Å². The zero-order chi connectivity index (χ0) is 14.0. The van der Waals surface area contributed by atoms with Gasteiger partial charge in [-0.2, -0.15) is 13.2 Å². The van der Waals surface area contributed by atoms with E-state index in [4.69, 9.17) is 0 Å². The van der Waals surface area contributed by atoms with Gasteiger partial charge in [0.25, 0.3) is 0 Å². The van der Waals surface area contributed by atoms with Crippen molar-refractivity contribution in [2.75, 3.05) is 0 Å². The summed E-state index contributed by atoms with van der Waals surface area (Å²) in [6, 6.07) is 1.61. The highest BCUT2D eigenvalue weighted by atomic mass is 32.1. The van der Waals surface area contributed by atoms with Crippen LogP contribution in [-0.4, -0.2) is 15.1 Å². The summed E-state index contributed by atoms with van der Waals surface area (Å²) in [5.41, 5.74) is 1.37. The third-order valence-corrected chi connectivity index (χ3v) is 3.75. The summed E-state index contributed by atoms with van der Waals surface area (Å²) in [6.45, 7) is 1.89. The van der Waals surface area contributed by atoms with Gasteiger partial charge in [-0.15, -0.1) is 11.3 Å². The van der Waals surface area contributed by atoms with Crippen LogP contribution in [0.3, 0.4) is 0 Å². The molecule has 0 aliphatic carbocycles. The Hall–Kier alpha value is -1.47. The van der Waals surface area contributed by atoms with Crippen molar-refractivity contribution in [1.82, 2.24) is 9.97 Å². The second-order valence-electron chi connectivity index (χ2n) is 3.90. The van der Waals surface area contributed by atoms with E-state index in [0.717, 1.165) is 11.8 Å². The minimum Gasteiger partial charge on any atom is -0.383 e. The number of thiazole rings is 1. The summed E-state index contributed by atoms with van der Waals surface area (Å²) < 4.78 is 37.4. The second kappa shape index (κ2) is 5.26. The van der Waals surface area contributed by atoms with Gasteiger partial charge in [0.1, 0.15) is 6.10 Å². The average Bonchev–Trinajstić information content (AvgIpc) is 2.87. The van der Waals surface area contributed by atoms with Crippen LogP contribution < -0.4 is 0 Å². The monoisotopic (exact) mass is 288 g/mol. The Balaban J connectivity index is 2.34. The van der Waals surface area contributed by atoms with Gasteiger partial charge >= 0.3 is 6.18 Å². The molecule has 2 heterocycles. The van der Waals surface area contributed by atoms with E-state index in [1.54, 1.807) is 12.3 Å². The van der Waals surface area contributed by atoms with Crippen molar-refractivity contribution < 1.29 is 18.3 Å². The number of alkyl halides is 3. The van der Waals surface area contributed by atoms with Crippen LogP contribution >= 0.6 is 11.3 Å². The number of nitrogens with zero attached hydrogens (tertiary/aromatic N) is 2. The molecule has 2 rings (SSSR count). The predicted molar refractivity (Wildman–Crippen MR) is 64.8 cm³/mol. The van der Waals surface area contributed by atoms with E-state index in [-0.39, 0.29) is 4.88 Å². The van der Waals surface area contributed by atoms with Crippen LogP contribution in [0.1, 0.15) is 34.0 Å². The van der Waals surface area contributed by atoms with Crippen molar-refractivity contribution in [3.05, 3.63) is 45.7 Å². The lowest BCUT2D eigenvalue weighted by atomic mass is 10.0. The molecule has 2 aromatic heterocycles. The van der Waals surface area contributed by atoms with E-state index in [9.17, 15) is 18.3 Å². The number of aliphatic hydroxyl groups excluding tert-OH is 1. The van der Waals surface area contributed by atoms with Crippen molar-refractivity contribution in [3.8, 4) is 0 Å². The number of hydrogen-bond donors (Lipinski definition) is 1. The number of aryl methyl sites for hydroxylation is 1. The molecule has 0 bridgehead atoms. The van der Waals surface area contributed by atoms with Crippen molar-refractivity contribution in [2.24, 2.45) is 0 Å². The third kappa shape index (κ3) is 2.93. The van der Waals surface area contributed by atoms with E-state index in [0.29, 0.717) is 23.3 Å². The largest absolute Gasteiger partial charge is 0.443 e. The van der Waals surface area contributed by atoms with Crippen molar-refractivity contribution in [1.29, 1.82) is 0 Å². The highest BCUT2D eigenvalue weighted by Gasteiger charge is 2.35. The molecule has 0 fully saturated rings. The number of halogens is 3. The van der Waals surface area contributed by atoms with Gasteiger partial charge < -0.3 is 5.11 Å². The maximum absolute atomic E-state index is 12.5. The van der Waals surface area contributed by atoms with Crippen molar-refractivity contribution in [2.45, 2.75) is 25.6 Å². The summed E-state index contributed by atoms with van der Waals surface area (Å²) in [6.07, 6.45) is -0.766. The quantitative estimate of drug-likeness (QED) is 0.943. The van der Waals surface area contributed by atoms with Crippen LogP contribution in [0.4, 0.5) is 13.2 Å². The topological polar surface area (TPSA) is 46.0 Å². The lowest BCUT2D eigenvalue weighted by Crippen LogP contribution is -2.03. The SMILES string of the molecule is CCc1cnccc1C(O)c1cnc(C(F)(F)F)s1. The fourth-order valence-electron chi connectivity index (χ4n) is 1.70. The van der Waals surface area contributed by atoms with Crippen LogP contribution in [0, 0.1) is 0 Å². The lowest BCUT2D eigenvalue weighted by molar-refractivity contribution is -0.137. The van der Waals surface area contributed by atoms with Crippen LogP contribution in [0.15, 0.2) is 24.7 Å². The molecule has 0 aliphatic rings. The van der Waals surface area contributed by atoms with Crippen LogP contribution in [-0.2, 0) is 12.6 Å². The molecule has 1 unspecified atom stereocenters. The second-order valence-corrected chi connectivity index (χ2v) is 4.96. The summed E-state index contributed by atoms with van der Waals surface area (Å²) in [4.78, 5) is 7.42. The van der Waals surface area contributed by atoms with Gasteiger partial charge in [0.05, 0.1) is 4.88 Å². The van der Waals surface area contributed by atoms with Gasteiger partial charge in [-0.25, -0.2) is 4.98 Å². The van der Waals surface area contributed by atoms with Gasteiger partial charge in [-0.3, -0.25) is 4.98 Å². The van der Waals surface area contributed by atoms with Crippen molar-refractivity contribution >= 4 is 11.3 Å². The van der Waals surface area contributed by atoms with Gasteiger partial charge in [0.2, 0.25) is 0 Å². The van der Waals surface area contributed by atoms with Gasteiger partial charge in [0, 0.05) is 18.6 Å². The zero-order valence-corrected chi connectivity index (χ0v) is 10.8. The van der Waals surface area contributed by atoms with Gasteiger partial charge in [-0.1, -0.05) is 6.92 Å². The Morgan fingerprint density at radius 2 is 2.11 bits per heavy atom. The maximum Gasteiger partial charge on any atom is 0.443 e. The molecule has 0 spiro atoms. The molecule has 3 nitrogen and oxygen atoms in total. The van der Waals surface area contributed by atoms with Crippen LogP contribution in [0.2, 0.25) is 0 Å². The van der Waals surface area contributed by atoms with Crippen LogP contribution in [0.5, 0.6) is 0 Å². The Morgan fingerprint density at radius 1 is 1.37 bits per heavy atom. The Bertz CT molecular complexity index is 568. The molecule has 19 heavy (non-hydrogen) atoms. The molecule has 1 N–H and O–H groups in total. The maximum atomic E-state index is 12.5. The van der Waals surface area contributed by atoms with E-state index < -0.39 is 17.3 Å². The first kappa shape index (κ1) is 14.0. The number of aliphatic hydroxyl groups is 1. The van der Waals surface area contributed by atoms with Gasteiger partial charge in [0.15, 0.2) is 5.01 Å². The molecule has 0 amide bonds. The summed E-state index contributed by atoms with van der Waals surface area (Å²) >= 11 is 0.455. The average molecular weight is 288 g/mol. The highest BCUT2D eigenvalue weighted by Crippen LogP contribution is 2.36. The van der Waals surface area contributed by atoms with Gasteiger partial charge in [-0.05, 0) is 23.6 Å². The summed E-state index contributed by atoms with van der Waals surface area (Å²) in [5, 5.41) is 9.21. The summed E-state index contributed by atoms with van der Waals surface area (Å²) in [7, 11) is 0. The number of aromatic nitrogens is 2. The van der Waals surface area contributed by atoms with Crippen LogP contribution in [0.25, 0.3) is 0 Å². The zero-order valence-electron chi connectivity index (χ0n) is 9.98. The fourth-order valence-corrected chi connectivity index (χ4v) is 2.49. The van der Waals surface area contributed by atoms with E-state index in [1.165, 1.54) is 6.20 Å². The molecule has 0 radical (unpaired) electrons. The first-order valence-electron chi connectivity index (χ1n) is 5.57. The molecule has 0 saturated carbocycles. The third-order valence-electron chi connectivity index (χ3n) is 2.65. The fraction of sp³-hybridized carbons (Fsp3) is 0.333. The Morgan fingerprint density at radius 3 is 2.68 bits per heavy atom. The molecule has 1 atom stereocenters. The molecule has 0 aromatic carbocycles. The summed E-state index contributed by atoms with van der Waals surface area (Å²) in [5.74, 6) is 0. The smallest absolute Gasteiger partial charge is 0.383 e. The molecule has 2 aromatic rings. The minimum atomic E-state index is -4.48. The number of hydrogen-bond acceptors (Lipinski definition) is 4. The molecule has 0 saturated heterocycles. The molecular weight excluding hydrogens is 277 g/mol. The number of pyridine rings is 1. The lowest BCUT2D eigenvalue weighted by Gasteiger charge is -2.12. The standard InChI is InChI=1S/C12H11F3N2OS/c1-2-7-5-16-4-3-8(7)10(18)9-6-17-11(19-9)12(13,14)15/h3-6,10,18H,2H2,1H3. The Labute approximate surface area is 111 Å². The number of rotatable bonds is 3. The Kier molecular flexibility index (Phi) is 3.86. The molecule has 7 heteroatoms. The normalized spacial score (nSPS) is 13.5. The highest BCUT2D eigenvalue weighted by molar-refractivity contribution is 7.11. The molecule has 0 aliphatic heterocycles. The van der Waals surface area contributed by atoms with E-state index in [1.807, 2.05) is 6.92 Å². The van der Waals surface area contributed by atoms with E-state index in [2.05, 4.69) is 9.97 Å². The molecule has 102 valence electrons.